The first kappa shape index (κ1) is 15.3. The fraction of sp³-hybridized carbons (Fsp3) is 0.400. The topological polar surface area (TPSA) is 17.1 Å². The summed E-state index contributed by atoms with van der Waals surface area (Å²) in [6.45, 7) is 8.69. The molecule has 0 aromatic heterocycles. The molecule has 1 nitrogen and oxygen atoms in total. The van der Waals surface area contributed by atoms with E-state index in [-0.39, 0.29) is 5.12 Å². The van der Waals surface area contributed by atoms with Crippen LogP contribution >= 0.6 is 11.8 Å². The summed E-state index contributed by atoms with van der Waals surface area (Å²) in [6.07, 6.45) is 5.22. The molecule has 0 heterocycles. The summed E-state index contributed by atoms with van der Waals surface area (Å²) in [4.78, 5) is 10.8. The zero-order valence-electron chi connectivity index (χ0n) is 11.7. The summed E-state index contributed by atoms with van der Waals surface area (Å²) in [6, 6.07) is 8.86. The second-order valence-electron chi connectivity index (χ2n) is 5.40. The Labute approximate surface area is 116 Å². The molecule has 0 aliphatic carbocycles. The van der Waals surface area contributed by atoms with Gasteiger partial charge >= 0.3 is 0 Å². The predicted molar refractivity (Wildman–Crippen MR) is 86.2 cm³/mol. The van der Waals surface area contributed by atoms with Gasteiger partial charge in [0.1, 0.15) is 0 Å². The van der Waals surface area contributed by atoms with Gasteiger partial charge in [-0.15, -0.1) is 0 Å². The molecular formula is C15H22OSSi. The number of allylic oxidation sites excluding steroid dienone is 1. The molecule has 0 saturated carbocycles. The van der Waals surface area contributed by atoms with Gasteiger partial charge in [-0.1, -0.05) is 73.0 Å². The van der Waals surface area contributed by atoms with Crippen molar-refractivity contribution in [1.82, 2.24) is 0 Å². The third kappa shape index (κ3) is 5.69. The van der Waals surface area contributed by atoms with Crippen LogP contribution in [0.1, 0.15) is 18.9 Å². The Balaban J connectivity index is 2.49. The smallest absolute Gasteiger partial charge is 0.185 e. The molecule has 18 heavy (non-hydrogen) atoms. The lowest BCUT2D eigenvalue weighted by atomic mass is 10.2. The normalized spacial score (nSPS) is 12.0. The number of benzene rings is 1. The van der Waals surface area contributed by atoms with E-state index in [1.165, 1.54) is 22.5 Å². The highest BCUT2D eigenvalue weighted by atomic mass is 32.2. The predicted octanol–water partition coefficient (Wildman–Crippen LogP) is 3.91. The average Bonchev–Trinajstić information content (AvgIpc) is 2.27. The minimum atomic E-state index is -1.18. The maximum Gasteiger partial charge on any atom is 0.185 e. The van der Waals surface area contributed by atoms with Crippen molar-refractivity contribution in [2.24, 2.45) is 0 Å². The number of hydrogen-bond acceptors (Lipinski definition) is 2. The largest absolute Gasteiger partial charge is 0.288 e. The standard InChI is InChI=1S/C15H22OSSi/c1-13(16)17-12-6-5-7-14-8-10-15(11-9-14)18(2,3)4/h5,7-11H,6,12H2,1-4H3. The highest BCUT2D eigenvalue weighted by Gasteiger charge is 2.15. The molecule has 0 radical (unpaired) electrons. The van der Waals surface area contributed by atoms with Crippen molar-refractivity contribution in [2.75, 3.05) is 5.75 Å². The van der Waals surface area contributed by atoms with Gasteiger partial charge in [-0.25, -0.2) is 0 Å². The van der Waals surface area contributed by atoms with E-state index in [1.54, 1.807) is 6.92 Å². The third-order valence-electron chi connectivity index (χ3n) is 2.68. The van der Waals surface area contributed by atoms with Gasteiger partial charge < -0.3 is 0 Å². The van der Waals surface area contributed by atoms with E-state index in [0.29, 0.717) is 0 Å². The monoisotopic (exact) mass is 278 g/mol. The van der Waals surface area contributed by atoms with Crippen molar-refractivity contribution in [3.63, 3.8) is 0 Å². The average molecular weight is 278 g/mol. The Morgan fingerprint density at radius 2 is 1.83 bits per heavy atom. The molecule has 0 fully saturated rings. The maximum absolute atomic E-state index is 10.8. The Morgan fingerprint density at radius 3 is 2.33 bits per heavy atom. The molecule has 0 N–H and O–H groups in total. The lowest BCUT2D eigenvalue weighted by Crippen LogP contribution is -2.37. The Hall–Kier alpha value is -0.803. The fourth-order valence-corrected chi connectivity index (χ4v) is 3.29. The molecule has 1 aromatic rings. The molecule has 0 bridgehead atoms. The van der Waals surface area contributed by atoms with Gasteiger partial charge in [0.15, 0.2) is 5.12 Å². The molecule has 1 rings (SSSR count). The summed E-state index contributed by atoms with van der Waals surface area (Å²) >= 11 is 1.39. The van der Waals surface area contributed by atoms with Gasteiger partial charge in [0.25, 0.3) is 0 Å². The van der Waals surface area contributed by atoms with Crippen molar-refractivity contribution in [3.8, 4) is 0 Å². The van der Waals surface area contributed by atoms with Gasteiger partial charge in [-0.3, -0.25) is 4.79 Å². The quantitative estimate of drug-likeness (QED) is 0.600. The summed E-state index contributed by atoms with van der Waals surface area (Å²) in [7, 11) is -1.18. The second kappa shape index (κ2) is 6.95. The SMILES string of the molecule is CC(=O)SCCC=Cc1ccc([Si](C)(C)C)cc1. The van der Waals surface area contributed by atoms with Crippen LogP contribution in [-0.4, -0.2) is 18.9 Å². The first-order chi connectivity index (χ1) is 8.39. The number of carbonyl (C=O) groups excluding carboxylic acids is 1. The van der Waals surface area contributed by atoms with Crippen molar-refractivity contribution in [2.45, 2.75) is 33.0 Å². The molecule has 0 aliphatic heterocycles. The van der Waals surface area contributed by atoms with E-state index in [4.69, 9.17) is 0 Å². The Morgan fingerprint density at radius 1 is 1.22 bits per heavy atom. The molecule has 3 heteroatoms. The van der Waals surface area contributed by atoms with E-state index < -0.39 is 8.07 Å². The van der Waals surface area contributed by atoms with Gasteiger partial charge in [-0.2, -0.15) is 0 Å². The van der Waals surface area contributed by atoms with Gasteiger partial charge in [0.05, 0.1) is 8.07 Å². The van der Waals surface area contributed by atoms with Crippen LogP contribution in [0.4, 0.5) is 0 Å². The Kier molecular flexibility index (Phi) is 5.89. The third-order valence-corrected chi connectivity index (χ3v) is 5.59. The molecule has 0 spiro atoms. The highest BCUT2D eigenvalue weighted by Crippen LogP contribution is 2.08. The van der Waals surface area contributed by atoms with Crippen molar-refractivity contribution in [1.29, 1.82) is 0 Å². The van der Waals surface area contributed by atoms with E-state index in [1.807, 2.05) is 0 Å². The molecule has 0 amide bonds. The zero-order valence-corrected chi connectivity index (χ0v) is 13.5. The number of carbonyl (C=O) groups is 1. The number of rotatable bonds is 5. The van der Waals surface area contributed by atoms with E-state index in [0.717, 1.165) is 12.2 Å². The van der Waals surface area contributed by atoms with E-state index in [2.05, 4.69) is 56.1 Å². The first-order valence-corrected chi connectivity index (χ1v) is 10.8. The molecule has 0 unspecified atom stereocenters. The summed E-state index contributed by atoms with van der Waals surface area (Å²) in [5, 5.41) is 1.69. The van der Waals surface area contributed by atoms with Crippen LogP contribution in [0.25, 0.3) is 6.08 Å². The van der Waals surface area contributed by atoms with Gasteiger partial charge in [-0.05, 0) is 12.0 Å². The summed E-state index contributed by atoms with van der Waals surface area (Å²) in [5.41, 5.74) is 1.24. The zero-order chi connectivity index (χ0) is 13.6. The molecule has 1 aromatic carbocycles. The summed E-state index contributed by atoms with van der Waals surface area (Å²) in [5.74, 6) is 0.874. The van der Waals surface area contributed by atoms with E-state index in [9.17, 15) is 4.79 Å². The van der Waals surface area contributed by atoms with Crippen LogP contribution in [0.3, 0.4) is 0 Å². The first-order valence-electron chi connectivity index (χ1n) is 6.30. The van der Waals surface area contributed by atoms with Crippen LogP contribution < -0.4 is 5.19 Å². The van der Waals surface area contributed by atoms with Crippen LogP contribution in [0.5, 0.6) is 0 Å². The number of thioether (sulfide) groups is 1. The van der Waals surface area contributed by atoms with Crippen LogP contribution in [0, 0.1) is 0 Å². The molecule has 98 valence electrons. The van der Waals surface area contributed by atoms with Crippen LogP contribution in [-0.2, 0) is 4.79 Å². The Bertz CT molecular complexity index is 415. The van der Waals surface area contributed by atoms with Gasteiger partial charge in [0.2, 0.25) is 0 Å². The molecule has 0 aliphatic rings. The van der Waals surface area contributed by atoms with E-state index >= 15 is 0 Å². The maximum atomic E-state index is 10.8. The van der Waals surface area contributed by atoms with Crippen LogP contribution in [0.2, 0.25) is 19.6 Å². The summed E-state index contributed by atoms with van der Waals surface area (Å²) < 4.78 is 0. The lowest BCUT2D eigenvalue weighted by molar-refractivity contribution is -0.109. The van der Waals surface area contributed by atoms with Gasteiger partial charge in [0, 0.05) is 12.7 Å². The lowest BCUT2D eigenvalue weighted by Gasteiger charge is -2.16. The van der Waals surface area contributed by atoms with Crippen molar-refractivity contribution >= 4 is 36.2 Å². The molecule has 0 atom stereocenters. The highest BCUT2D eigenvalue weighted by molar-refractivity contribution is 8.13. The number of hydrogen-bond donors (Lipinski definition) is 0. The second-order valence-corrected chi connectivity index (χ2v) is 11.8. The minimum Gasteiger partial charge on any atom is -0.288 e. The minimum absolute atomic E-state index is 0.197. The van der Waals surface area contributed by atoms with Crippen LogP contribution in [0.15, 0.2) is 30.3 Å². The molecular weight excluding hydrogens is 256 g/mol. The van der Waals surface area contributed by atoms with Crippen molar-refractivity contribution in [3.05, 3.63) is 35.9 Å². The van der Waals surface area contributed by atoms with Crippen molar-refractivity contribution < 1.29 is 4.79 Å². The molecule has 0 saturated heterocycles. The fourth-order valence-electron chi connectivity index (χ4n) is 1.58.